The molecule has 6 nitrogen and oxygen atoms in total. The summed E-state index contributed by atoms with van der Waals surface area (Å²) in [6, 6.07) is 6.77. The highest BCUT2D eigenvalue weighted by Crippen LogP contribution is 2.30. The number of nitrogens with zero attached hydrogens (tertiary/aromatic N) is 3. The Kier molecular flexibility index (Phi) is 1.51. The van der Waals surface area contributed by atoms with Gasteiger partial charge in [-0.05, 0) is 5.21 Å². The van der Waals surface area contributed by atoms with Crippen molar-refractivity contribution in [3.05, 3.63) is 35.5 Å². The largest absolute Gasteiger partial charge is 0.321 e. The zero-order chi connectivity index (χ0) is 11.3. The molecule has 1 aromatic heterocycles. The maximum atomic E-state index is 11.8. The molecule has 2 aromatic rings. The maximum absolute atomic E-state index is 11.8. The van der Waals surface area contributed by atoms with Crippen LogP contribution in [-0.2, 0) is 0 Å². The minimum atomic E-state index is -0.666. The SMILES string of the molecule is Nn1nnc2c1C(=O)C(=O)c1ccccc1-2. The van der Waals surface area contributed by atoms with Gasteiger partial charge in [0.1, 0.15) is 5.69 Å². The molecule has 6 heteroatoms. The molecule has 0 radical (unpaired) electrons. The molecule has 0 fully saturated rings. The van der Waals surface area contributed by atoms with Gasteiger partial charge < -0.3 is 5.84 Å². The molecule has 0 unspecified atom stereocenters. The molecule has 0 saturated heterocycles. The van der Waals surface area contributed by atoms with Crippen LogP contribution >= 0.6 is 0 Å². The molecular formula is C10H6N4O2. The normalized spacial score (nSPS) is 13.5. The van der Waals surface area contributed by atoms with Gasteiger partial charge in [-0.3, -0.25) is 9.59 Å². The third-order valence-electron chi connectivity index (χ3n) is 2.54. The Labute approximate surface area is 89.6 Å². The number of benzene rings is 1. The average Bonchev–Trinajstić information content (AvgIpc) is 2.69. The first-order valence-corrected chi connectivity index (χ1v) is 4.59. The summed E-state index contributed by atoms with van der Waals surface area (Å²) >= 11 is 0. The van der Waals surface area contributed by atoms with Crippen LogP contribution in [0, 0.1) is 0 Å². The predicted octanol–water partition coefficient (Wildman–Crippen LogP) is 0.0379. The topological polar surface area (TPSA) is 90.9 Å². The second-order valence-corrected chi connectivity index (χ2v) is 3.44. The number of Topliss-reactive ketones (excluding diaryl/α,β-unsaturated/α-hetero) is 2. The van der Waals surface area contributed by atoms with E-state index in [1.807, 2.05) is 0 Å². The monoisotopic (exact) mass is 214 g/mol. The lowest BCUT2D eigenvalue weighted by molar-refractivity contribution is 0.0810. The number of ketones is 2. The molecule has 1 aliphatic carbocycles. The van der Waals surface area contributed by atoms with Crippen molar-refractivity contribution in [2.45, 2.75) is 0 Å². The Hall–Kier alpha value is -2.50. The lowest BCUT2D eigenvalue weighted by Gasteiger charge is -2.12. The van der Waals surface area contributed by atoms with Crippen molar-refractivity contribution >= 4 is 11.6 Å². The first kappa shape index (κ1) is 8.78. The summed E-state index contributed by atoms with van der Waals surface area (Å²) in [5, 5.41) is 7.35. The summed E-state index contributed by atoms with van der Waals surface area (Å²) < 4.78 is 0. The summed E-state index contributed by atoms with van der Waals surface area (Å²) in [4.78, 5) is 24.3. The van der Waals surface area contributed by atoms with Crippen molar-refractivity contribution < 1.29 is 9.59 Å². The zero-order valence-corrected chi connectivity index (χ0v) is 8.04. The fourth-order valence-corrected chi connectivity index (χ4v) is 1.80. The molecule has 0 saturated carbocycles. The van der Waals surface area contributed by atoms with Crippen molar-refractivity contribution in [2.24, 2.45) is 0 Å². The Bertz CT molecular complexity index is 629. The zero-order valence-electron chi connectivity index (χ0n) is 8.04. The summed E-state index contributed by atoms with van der Waals surface area (Å²) in [6.45, 7) is 0. The number of carbonyl (C=O) groups is 2. The van der Waals surface area contributed by atoms with E-state index in [2.05, 4.69) is 10.3 Å². The number of nitrogens with two attached hydrogens (primary N) is 1. The lowest BCUT2D eigenvalue weighted by Crippen LogP contribution is -2.27. The molecule has 2 N–H and O–H groups in total. The van der Waals surface area contributed by atoms with Crippen LogP contribution in [0.3, 0.4) is 0 Å². The van der Waals surface area contributed by atoms with E-state index in [-0.39, 0.29) is 5.69 Å². The van der Waals surface area contributed by atoms with Crippen LogP contribution < -0.4 is 5.84 Å². The van der Waals surface area contributed by atoms with Crippen LogP contribution in [0.15, 0.2) is 24.3 Å². The Morgan fingerprint density at radius 2 is 1.75 bits per heavy atom. The van der Waals surface area contributed by atoms with E-state index < -0.39 is 11.6 Å². The Balaban J connectivity index is 2.43. The van der Waals surface area contributed by atoms with Crippen molar-refractivity contribution in [1.82, 2.24) is 15.1 Å². The smallest absolute Gasteiger partial charge is 0.256 e. The molecule has 0 atom stereocenters. The van der Waals surface area contributed by atoms with Crippen LogP contribution in [0.5, 0.6) is 0 Å². The van der Waals surface area contributed by atoms with Crippen LogP contribution in [0.1, 0.15) is 20.8 Å². The molecule has 1 aromatic carbocycles. The van der Waals surface area contributed by atoms with Gasteiger partial charge in [0.05, 0.1) is 0 Å². The highest BCUT2D eigenvalue weighted by molar-refractivity contribution is 6.52. The van der Waals surface area contributed by atoms with E-state index in [9.17, 15) is 9.59 Å². The predicted molar refractivity (Wildman–Crippen MR) is 54.3 cm³/mol. The highest BCUT2D eigenvalue weighted by atomic mass is 16.2. The number of carbonyl (C=O) groups excluding carboxylic acids is 2. The summed E-state index contributed by atoms with van der Waals surface area (Å²) in [7, 11) is 0. The molecule has 0 amide bonds. The van der Waals surface area contributed by atoms with Crippen LogP contribution in [-0.4, -0.2) is 26.7 Å². The summed E-state index contributed by atoms with van der Waals surface area (Å²) in [5.74, 6) is 4.20. The second kappa shape index (κ2) is 2.75. The van der Waals surface area contributed by atoms with Crippen molar-refractivity contribution in [3.63, 3.8) is 0 Å². The fraction of sp³-hybridized carbons (Fsp3) is 0. The fourth-order valence-electron chi connectivity index (χ4n) is 1.80. The van der Waals surface area contributed by atoms with Gasteiger partial charge in [-0.1, -0.05) is 24.3 Å². The van der Waals surface area contributed by atoms with Gasteiger partial charge in [0, 0.05) is 11.1 Å². The molecule has 78 valence electrons. The number of nitrogen functional groups attached to an aromatic ring is 1. The third-order valence-corrected chi connectivity index (χ3v) is 2.54. The van der Waals surface area contributed by atoms with E-state index in [0.717, 1.165) is 4.79 Å². The maximum Gasteiger partial charge on any atom is 0.256 e. The average molecular weight is 214 g/mol. The van der Waals surface area contributed by atoms with Gasteiger partial charge in [-0.15, -0.1) is 5.10 Å². The quantitative estimate of drug-likeness (QED) is 0.493. The molecule has 1 heterocycles. The second-order valence-electron chi connectivity index (χ2n) is 3.44. The highest BCUT2D eigenvalue weighted by Gasteiger charge is 2.34. The third kappa shape index (κ3) is 0.902. The summed E-state index contributed by atoms with van der Waals surface area (Å²) in [5.41, 5.74) is 1.35. The van der Waals surface area contributed by atoms with Gasteiger partial charge in [-0.2, -0.15) is 4.79 Å². The number of aromatic nitrogens is 3. The lowest BCUT2D eigenvalue weighted by atomic mass is 9.90. The van der Waals surface area contributed by atoms with E-state index in [1.165, 1.54) is 0 Å². The molecule has 3 rings (SSSR count). The Morgan fingerprint density at radius 1 is 1.06 bits per heavy atom. The number of hydrogen-bond acceptors (Lipinski definition) is 5. The van der Waals surface area contributed by atoms with Crippen LogP contribution in [0.2, 0.25) is 0 Å². The molecule has 0 bridgehead atoms. The van der Waals surface area contributed by atoms with Crippen molar-refractivity contribution in [3.8, 4) is 11.3 Å². The number of hydrogen-bond donors (Lipinski definition) is 1. The van der Waals surface area contributed by atoms with Crippen LogP contribution in [0.4, 0.5) is 0 Å². The first-order valence-electron chi connectivity index (χ1n) is 4.59. The van der Waals surface area contributed by atoms with Gasteiger partial charge in [0.2, 0.25) is 5.78 Å². The van der Waals surface area contributed by atoms with E-state index in [1.54, 1.807) is 24.3 Å². The van der Waals surface area contributed by atoms with E-state index >= 15 is 0 Å². The Morgan fingerprint density at radius 3 is 2.50 bits per heavy atom. The molecule has 0 spiro atoms. The van der Waals surface area contributed by atoms with Gasteiger partial charge >= 0.3 is 0 Å². The minimum absolute atomic E-state index is 0.0451. The van der Waals surface area contributed by atoms with Gasteiger partial charge in [0.25, 0.3) is 5.78 Å². The summed E-state index contributed by atoms with van der Waals surface area (Å²) in [6.07, 6.45) is 0. The standard InChI is InChI=1S/C10H6N4O2/c11-14-8-7(12-13-14)5-3-1-2-4-6(5)9(15)10(8)16/h1-4H,11H2. The van der Waals surface area contributed by atoms with E-state index in [4.69, 9.17) is 5.84 Å². The molecule has 16 heavy (non-hydrogen) atoms. The molecule has 0 aliphatic heterocycles. The van der Waals surface area contributed by atoms with Crippen molar-refractivity contribution in [1.29, 1.82) is 0 Å². The molecule has 1 aliphatic rings. The van der Waals surface area contributed by atoms with Gasteiger partial charge in [0.15, 0.2) is 5.69 Å². The van der Waals surface area contributed by atoms with Crippen molar-refractivity contribution in [2.75, 3.05) is 5.84 Å². The van der Waals surface area contributed by atoms with Crippen LogP contribution in [0.25, 0.3) is 11.3 Å². The number of fused-ring (bicyclic) bond motifs is 3. The number of rotatable bonds is 0. The molecular weight excluding hydrogens is 208 g/mol. The minimum Gasteiger partial charge on any atom is -0.321 e. The van der Waals surface area contributed by atoms with Gasteiger partial charge in [-0.25, -0.2) is 0 Å². The van der Waals surface area contributed by atoms with E-state index in [0.29, 0.717) is 16.8 Å². The first-order chi connectivity index (χ1) is 7.70.